The summed E-state index contributed by atoms with van der Waals surface area (Å²) in [6.45, 7) is 6.40. The number of nitrogens with zero attached hydrogens (tertiary/aromatic N) is 1. The van der Waals surface area contributed by atoms with Crippen LogP contribution in [-0.4, -0.2) is 24.2 Å². The van der Waals surface area contributed by atoms with Crippen molar-refractivity contribution in [1.29, 1.82) is 0 Å². The van der Waals surface area contributed by atoms with Crippen LogP contribution in [0.2, 0.25) is 0 Å². The number of carbonyl (C=O) groups excluding carboxylic acids is 3. The van der Waals surface area contributed by atoms with Crippen molar-refractivity contribution in [3.63, 3.8) is 0 Å². The van der Waals surface area contributed by atoms with Crippen molar-refractivity contribution in [2.24, 2.45) is 22.7 Å². The molecule has 2 amide bonds. The van der Waals surface area contributed by atoms with Crippen molar-refractivity contribution >= 4 is 34.4 Å². The molecule has 2 bridgehead atoms. The Labute approximate surface area is 223 Å². The number of hydrogen-bond acceptors (Lipinski definition) is 4. The molecule has 1 heterocycles. The Morgan fingerprint density at radius 3 is 1.50 bits per heavy atom. The summed E-state index contributed by atoms with van der Waals surface area (Å²) in [6.07, 6.45) is 0.900. The lowest BCUT2D eigenvalue weighted by Gasteiger charge is -2.38. The molecular formula is C33H31NO4. The Kier molecular flexibility index (Phi) is 5.64. The van der Waals surface area contributed by atoms with Gasteiger partial charge in [-0.15, -0.1) is 0 Å². The molecule has 38 heavy (non-hydrogen) atoms. The number of imide groups is 1. The van der Waals surface area contributed by atoms with Crippen molar-refractivity contribution in [2.75, 3.05) is 11.5 Å². The van der Waals surface area contributed by atoms with E-state index in [9.17, 15) is 14.4 Å². The van der Waals surface area contributed by atoms with Crippen LogP contribution >= 0.6 is 0 Å². The second-order valence-corrected chi connectivity index (χ2v) is 10.4. The van der Waals surface area contributed by atoms with E-state index in [2.05, 4.69) is 0 Å². The number of fused-ring (bicyclic) bond motifs is 5. The molecule has 1 saturated carbocycles. The molecule has 5 heteroatoms. The third kappa shape index (κ3) is 2.90. The van der Waals surface area contributed by atoms with Crippen molar-refractivity contribution in [3.05, 3.63) is 96.1 Å². The largest absolute Gasteiger partial charge is 0.494 e. The zero-order valence-corrected chi connectivity index (χ0v) is 21.9. The Bertz CT molecular complexity index is 1370. The van der Waals surface area contributed by atoms with Crippen LogP contribution in [0.15, 0.2) is 84.9 Å². The molecule has 4 atom stereocenters. The normalized spacial score (nSPS) is 27.9. The minimum Gasteiger partial charge on any atom is -0.494 e. The maximum Gasteiger partial charge on any atom is 0.239 e. The highest BCUT2D eigenvalue weighted by Crippen LogP contribution is 2.75. The molecule has 0 spiro atoms. The lowest BCUT2D eigenvalue weighted by atomic mass is 9.60. The number of hydrogen-bond donors (Lipinski definition) is 0. The first-order chi connectivity index (χ1) is 18.5. The van der Waals surface area contributed by atoms with Gasteiger partial charge >= 0.3 is 0 Å². The van der Waals surface area contributed by atoms with Crippen LogP contribution in [0.4, 0.5) is 5.69 Å². The van der Waals surface area contributed by atoms with Gasteiger partial charge in [0.05, 0.1) is 35.0 Å². The fourth-order valence-corrected chi connectivity index (χ4v) is 7.57. The lowest BCUT2D eigenvalue weighted by molar-refractivity contribution is -0.134. The van der Waals surface area contributed by atoms with Crippen molar-refractivity contribution < 1.29 is 19.1 Å². The maximum absolute atomic E-state index is 14.7. The van der Waals surface area contributed by atoms with Gasteiger partial charge in [-0.1, -0.05) is 74.5 Å². The number of amides is 2. The third-order valence-corrected chi connectivity index (χ3v) is 8.97. The number of allylic oxidation sites excluding steroid dienone is 2. The van der Waals surface area contributed by atoms with Gasteiger partial charge in [-0.05, 0) is 66.3 Å². The first-order valence-electron chi connectivity index (χ1n) is 13.5. The molecule has 3 aromatic carbocycles. The Hall–Kier alpha value is -3.99. The minimum absolute atomic E-state index is 0.0238. The molecule has 5 nitrogen and oxygen atoms in total. The molecule has 1 saturated heterocycles. The van der Waals surface area contributed by atoms with Crippen LogP contribution < -0.4 is 9.64 Å². The van der Waals surface area contributed by atoms with E-state index >= 15 is 0 Å². The van der Waals surface area contributed by atoms with E-state index in [1.165, 1.54) is 4.90 Å². The average Bonchev–Trinajstić information content (AvgIpc) is 3.46. The van der Waals surface area contributed by atoms with Gasteiger partial charge in [0.2, 0.25) is 11.8 Å². The van der Waals surface area contributed by atoms with E-state index in [1.54, 1.807) is 24.3 Å². The topological polar surface area (TPSA) is 63.7 Å². The minimum atomic E-state index is -1.07. The zero-order valence-electron chi connectivity index (χ0n) is 21.9. The molecular weight excluding hydrogens is 474 g/mol. The maximum atomic E-state index is 14.7. The molecule has 1 aliphatic heterocycles. The molecule has 0 unspecified atom stereocenters. The lowest BCUT2D eigenvalue weighted by Crippen LogP contribution is -2.41. The molecule has 6 rings (SSSR count). The molecule has 2 aliphatic carbocycles. The Morgan fingerprint density at radius 2 is 1.11 bits per heavy atom. The zero-order chi connectivity index (χ0) is 26.7. The summed E-state index contributed by atoms with van der Waals surface area (Å²) in [4.78, 5) is 44.6. The summed E-state index contributed by atoms with van der Waals surface area (Å²) in [5.41, 5.74) is 2.08. The standard InChI is InChI=1S/C33H31NO4/c1-4-32-25(21-13-9-7-10-14-21)26(22-15-11-8-12-16-22)33(5-2,31(32)37)28-27(32)29(35)34(30(28)36)23-17-19-24(20-18-23)38-6-3/h7-20,27-28H,4-6H2,1-3H3/t27-,28+,32-,33-/m1/s1. The van der Waals surface area contributed by atoms with Crippen LogP contribution in [0.1, 0.15) is 44.7 Å². The molecule has 3 aliphatic rings. The van der Waals surface area contributed by atoms with E-state index in [4.69, 9.17) is 4.74 Å². The summed E-state index contributed by atoms with van der Waals surface area (Å²) in [5, 5.41) is 0. The highest BCUT2D eigenvalue weighted by atomic mass is 16.5. The molecule has 0 radical (unpaired) electrons. The van der Waals surface area contributed by atoms with E-state index in [0.29, 0.717) is 30.9 Å². The predicted octanol–water partition coefficient (Wildman–Crippen LogP) is 6.19. The van der Waals surface area contributed by atoms with Crippen LogP contribution in [0.3, 0.4) is 0 Å². The number of anilines is 1. The van der Waals surface area contributed by atoms with E-state index in [1.807, 2.05) is 81.4 Å². The van der Waals surface area contributed by atoms with Crippen molar-refractivity contribution in [3.8, 4) is 5.75 Å². The average molecular weight is 506 g/mol. The van der Waals surface area contributed by atoms with Gasteiger partial charge in [-0.2, -0.15) is 0 Å². The van der Waals surface area contributed by atoms with Gasteiger partial charge in [-0.3, -0.25) is 14.4 Å². The van der Waals surface area contributed by atoms with Gasteiger partial charge in [0.15, 0.2) is 5.78 Å². The Morgan fingerprint density at radius 1 is 0.658 bits per heavy atom. The monoisotopic (exact) mass is 505 g/mol. The highest BCUT2D eigenvalue weighted by Gasteiger charge is 2.80. The second kappa shape index (κ2) is 8.80. The molecule has 0 N–H and O–H groups in total. The summed E-state index contributed by atoms with van der Waals surface area (Å²) in [6, 6.07) is 26.9. The van der Waals surface area contributed by atoms with E-state index in [0.717, 1.165) is 22.3 Å². The predicted molar refractivity (Wildman–Crippen MR) is 147 cm³/mol. The molecule has 192 valence electrons. The Balaban J connectivity index is 1.60. The number of carbonyl (C=O) groups is 3. The number of Topliss-reactive ketones (excluding diaryl/α,β-unsaturated/α-hetero) is 1. The fraction of sp³-hybridized carbons (Fsp3) is 0.303. The molecule has 0 aromatic heterocycles. The summed E-state index contributed by atoms with van der Waals surface area (Å²) in [5.74, 6) is -1.33. The van der Waals surface area contributed by atoms with Crippen LogP contribution in [0.25, 0.3) is 11.1 Å². The quantitative estimate of drug-likeness (QED) is 0.359. The fourth-order valence-electron chi connectivity index (χ4n) is 7.57. The SMILES string of the molecule is CCOc1ccc(N2C(=O)[C@@H]3[C@H](C2=O)[C@]2(CC)C(=O)[C@]3(CC)C(c3ccccc3)=C2c2ccccc2)cc1. The van der Waals surface area contributed by atoms with E-state index in [-0.39, 0.29) is 17.6 Å². The van der Waals surface area contributed by atoms with Crippen LogP contribution in [-0.2, 0) is 14.4 Å². The number of rotatable bonds is 7. The number of ketones is 1. The van der Waals surface area contributed by atoms with Crippen LogP contribution in [0, 0.1) is 22.7 Å². The van der Waals surface area contributed by atoms with Gasteiger partial charge in [0, 0.05) is 0 Å². The summed E-state index contributed by atoms with van der Waals surface area (Å²) in [7, 11) is 0. The van der Waals surface area contributed by atoms with Gasteiger partial charge in [-0.25, -0.2) is 4.90 Å². The second-order valence-electron chi connectivity index (χ2n) is 10.4. The van der Waals surface area contributed by atoms with Crippen molar-refractivity contribution in [2.45, 2.75) is 33.6 Å². The summed E-state index contributed by atoms with van der Waals surface area (Å²) >= 11 is 0. The number of benzene rings is 3. The molecule has 3 aromatic rings. The molecule has 2 fully saturated rings. The van der Waals surface area contributed by atoms with Crippen LogP contribution in [0.5, 0.6) is 5.75 Å². The van der Waals surface area contributed by atoms with Gasteiger partial charge < -0.3 is 4.74 Å². The number of ether oxygens (including phenoxy) is 1. The van der Waals surface area contributed by atoms with E-state index < -0.39 is 22.7 Å². The summed E-state index contributed by atoms with van der Waals surface area (Å²) < 4.78 is 5.56. The first-order valence-corrected chi connectivity index (χ1v) is 13.5. The van der Waals surface area contributed by atoms with Gasteiger partial charge in [0.25, 0.3) is 0 Å². The highest BCUT2D eigenvalue weighted by molar-refractivity contribution is 6.34. The van der Waals surface area contributed by atoms with Crippen molar-refractivity contribution in [1.82, 2.24) is 0 Å². The smallest absolute Gasteiger partial charge is 0.239 e. The van der Waals surface area contributed by atoms with Gasteiger partial charge in [0.1, 0.15) is 5.75 Å². The first kappa shape index (κ1) is 24.4. The third-order valence-electron chi connectivity index (χ3n) is 8.97.